The van der Waals surface area contributed by atoms with Crippen molar-refractivity contribution in [3.8, 4) is 0 Å². The second-order valence-electron chi connectivity index (χ2n) is 7.32. The van der Waals surface area contributed by atoms with E-state index in [0.717, 1.165) is 44.2 Å². The topological polar surface area (TPSA) is 33.2 Å². The highest BCUT2D eigenvalue weighted by Gasteiger charge is 2.37. The third-order valence-electron chi connectivity index (χ3n) is 5.67. The summed E-state index contributed by atoms with van der Waals surface area (Å²) in [6.07, 6.45) is 9.54. The Morgan fingerprint density at radius 3 is 2.88 bits per heavy atom. The van der Waals surface area contributed by atoms with Crippen LogP contribution in [0.5, 0.6) is 0 Å². The molecule has 1 aliphatic heterocycles. The van der Waals surface area contributed by atoms with Crippen LogP contribution >= 0.6 is 0 Å². The highest BCUT2D eigenvalue weighted by Crippen LogP contribution is 2.46. The van der Waals surface area contributed by atoms with Crippen LogP contribution in [0.1, 0.15) is 61.8 Å². The standard InChI is InChI=1S/C23H26N2O/c1-2-3-4-11-22(26)25-14-12-20-19-10-6-5-8-17(19)15-21(20)23(25)18-9-7-13-24-16-18/h5-10,13,16,23H,2-4,11-12,14-15H2,1H3. The van der Waals surface area contributed by atoms with Crippen LogP contribution in [-0.4, -0.2) is 22.3 Å². The van der Waals surface area contributed by atoms with Crippen molar-refractivity contribution in [2.75, 3.05) is 6.54 Å². The molecule has 1 aliphatic carbocycles. The number of carbonyl (C=O) groups is 1. The van der Waals surface area contributed by atoms with E-state index < -0.39 is 0 Å². The van der Waals surface area contributed by atoms with Gasteiger partial charge in [-0.1, -0.05) is 50.1 Å². The Morgan fingerprint density at radius 2 is 2.08 bits per heavy atom. The third-order valence-corrected chi connectivity index (χ3v) is 5.67. The lowest BCUT2D eigenvalue weighted by Gasteiger charge is -2.38. The van der Waals surface area contributed by atoms with E-state index in [9.17, 15) is 4.79 Å². The van der Waals surface area contributed by atoms with Crippen LogP contribution < -0.4 is 0 Å². The van der Waals surface area contributed by atoms with Gasteiger partial charge in [0.15, 0.2) is 0 Å². The number of benzene rings is 1. The SMILES string of the molecule is CCCCCC(=O)N1CCC2=C(Cc3ccccc32)C1c1cccnc1. The average Bonchev–Trinajstić information content (AvgIpc) is 3.06. The summed E-state index contributed by atoms with van der Waals surface area (Å²) in [7, 11) is 0. The van der Waals surface area contributed by atoms with Gasteiger partial charge in [-0.2, -0.15) is 0 Å². The Labute approximate surface area is 155 Å². The zero-order valence-electron chi connectivity index (χ0n) is 15.4. The zero-order valence-corrected chi connectivity index (χ0v) is 15.4. The molecule has 1 aromatic heterocycles. The molecule has 1 atom stereocenters. The van der Waals surface area contributed by atoms with Gasteiger partial charge < -0.3 is 4.90 Å². The maximum Gasteiger partial charge on any atom is 0.223 e. The zero-order chi connectivity index (χ0) is 17.9. The smallest absolute Gasteiger partial charge is 0.223 e. The van der Waals surface area contributed by atoms with E-state index in [0.29, 0.717) is 6.42 Å². The number of carbonyl (C=O) groups excluding carboxylic acids is 1. The minimum Gasteiger partial charge on any atom is -0.331 e. The first-order valence-corrected chi connectivity index (χ1v) is 9.79. The molecule has 2 aromatic rings. The van der Waals surface area contributed by atoms with Gasteiger partial charge in [-0.3, -0.25) is 9.78 Å². The maximum absolute atomic E-state index is 13.0. The number of unbranched alkanes of at least 4 members (excludes halogenated alkanes) is 2. The monoisotopic (exact) mass is 346 g/mol. The van der Waals surface area contributed by atoms with Crippen molar-refractivity contribution < 1.29 is 4.79 Å². The molecule has 1 unspecified atom stereocenters. The fraction of sp³-hybridized carbons (Fsp3) is 0.391. The number of hydrogen-bond acceptors (Lipinski definition) is 2. The Kier molecular flexibility index (Phi) is 4.87. The van der Waals surface area contributed by atoms with Gasteiger partial charge in [0.25, 0.3) is 0 Å². The largest absolute Gasteiger partial charge is 0.331 e. The Bertz CT molecular complexity index is 825. The normalized spacial score (nSPS) is 18.7. The fourth-order valence-electron chi connectivity index (χ4n) is 4.42. The Hall–Kier alpha value is -2.42. The molecule has 0 radical (unpaired) electrons. The second kappa shape index (κ2) is 7.45. The van der Waals surface area contributed by atoms with Gasteiger partial charge in [-0.25, -0.2) is 0 Å². The quantitative estimate of drug-likeness (QED) is 0.718. The summed E-state index contributed by atoms with van der Waals surface area (Å²) in [6, 6.07) is 12.8. The van der Waals surface area contributed by atoms with Crippen molar-refractivity contribution in [1.82, 2.24) is 9.88 Å². The molecule has 134 valence electrons. The highest BCUT2D eigenvalue weighted by molar-refractivity contribution is 5.83. The fourth-order valence-corrected chi connectivity index (χ4v) is 4.42. The van der Waals surface area contributed by atoms with Crippen molar-refractivity contribution >= 4 is 11.5 Å². The molecule has 3 heteroatoms. The summed E-state index contributed by atoms with van der Waals surface area (Å²) < 4.78 is 0. The molecule has 2 heterocycles. The van der Waals surface area contributed by atoms with Gasteiger partial charge in [0, 0.05) is 25.4 Å². The predicted octanol–water partition coefficient (Wildman–Crippen LogP) is 4.95. The van der Waals surface area contributed by atoms with Crippen LogP contribution in [0.4, 0.5) is 0 Å². The van der Waals surface area contributed by atoms with Crippen molar-refractivity contribution in [3.63, 3.8) is 0 Å². The summed E-state index contributed by atoms with van der Waals surface area (Å²) >= 11 is 0. The van der Waals surface area contributed by atoms with E-state index >= 15 is 0 Å². The van der Waals surface area contributed by atoms with Gasteiger partial charge in [-0.15, -0.1) is 0 Å². The molecule has 0 spiro atoms. The molecule has 1 amide bonds. The molecule has 3 nitrogen and oxygen atoms in total. The van der Waals surface area contributed by atoms with Gasteiger partial charge in [-0.05, 0) is 53.2 Å². The molecular weight excluding hydrogens is 320 g/mol. The molecule has 0 bridgehead atoms. The molecule has 0 saturated carbocycles. The summed E-state index contributed by atoms with van der Waals surface area (Å²) in [5.41, 5.74) is 6.76. The van der Waals surface area contributed by atoms with E-state index in [2.05, 4.69) is 47.1 Å². The highest BCUT2D eigenvalue weighted by atomic mass is 16.2. The lowest BCUT2D eigenvalue weighted by Crippen LogP contribution is -2.39. The third kappa shape index (κ3) is 3.07. The summed E-state index contributed by atoms with van der Waals surface area (Å²) in [4.78, 5) is 19.4. The van der Waals surface area contributed by atoms with Crippen LogP contribution in [0.15, 0.2) is 54.4 Å². The van der Waals surface area contributed by atoms with Gasteiger partial charge >= 0.3 is 0 Å². The first-order valence-electron chi connectivity index (χ1n) is 9.79. The first kappa shape index (κ1) is 17.0. The molecule has 4 rings (SSSR count). The van der Waals surface area contributed by atoms with E-state index in [1.165, 1.54) is 22.3 Å². The predicted molar refractivity (Wildman–Crippen MR) is 105 cm³/mol. The average molecular weight is 346 g/mol. The molecule has 26 heavy (non-hydrogen) atoms. The minimum absolute atomic E-state index is 0.0361. The lowest BCUT2D eigenvalue weighted by molar-refractivity contribution is -0.133. The molecular formula is C23H26N2O. The van der Waals surface area contributed by atoms with Crippen LogP contribution in [-0.2, 0) is 11.2 Å². The molecule has 0 fully saturated rings. The Morgan fingerprint density at radius 1 is 1.19 bits per heavy atom. The number of fused-ring (bicyclic) bond motifs is 2. The lowest BCUT2D eigenvalue weighted by atomic mass is 9.88. The molecule has 2 aliphatic rings. The number of aromatic nitrogens is 1. The number of nitrogens with zero attached hydrogens (tertiary/aromatic N) is 2. The Balaban J connectivity index is 1.69. The van der Waals surface area contributed by atoms with E-state index in [-0.39, 0.29) is 11.9 Å². The number of amides is 1. The van der Waals surface area contributed by atoms with Crippen LogP contribution in [0.2, 0.25) is 0 Å². The van der Waals surface area contributed by atoms with Crippen molar-refractivity contribution in [1.29, 1.82) is 0 Å². The molecule has 0 N–H and O–H groups in total. The summed E-state index contributed by atoms with van der Waals surface area (Å²) in [5, 5.41) is 0. The maximum atomic E-state index is 13.0. The minimum atomic E-state index is 0.0361. The van der Waals surface area contributed by atoms with Crippen molar-refractivity contribution in [2.24, 2.45) is 0 Å². The number of pyridine rings is 1. The van der Waals surface area contributed by atoms with Gasteiger partial charge in [0.1, 0.15) is 0 Å². The van der Waals surface area contributed by atoms with E-state index in [4.69, 9.17) is 0 Å². The van der Waals surface area contributed by atoms with Gasteiger partial charge in [0.05, 0.1) is 6.04 Å². The van der Waals surface area contributed by atoms with E-state index in [1.54, 1.807) is 6.20 Å². The molecule has 1 aromatic carbocycles. The summed E-state index contributed by atoms with van der Waals surface area (Å²) in [6.45, 7) is 2.98. The van der Waals surface area contributed by atoms with Crippen molar-refractivity contribution in [3.05, 3.63) is 71.1 Å². The van der Waals surface area contributed by atoms with Crippen LogP contribution in [0, 0.1) is 0 Å². The van der Waals surface area contributed by atoms with E-state index in [1.807, 2.05) is 12.3 Å². The number of rotatable bonds is 5. The van der Waals surface area contributed by atoms with Crippen LogP contribution in [0.3, 0.4) is 0 Å². The second-order valence-corrected chi connectivity index (χ2v) is 7.32. The first-order chi connectivity index (χ1) is 12.8. The van der Waals surface area contributed by atoms with Gasteiger partial charge in [0.2, 0.25) is 5.91 Å². The number of hydrogen-bond donors (Lipinski definition) is 0. The van der Waals surface area contributed by atoms with Crippen molar-refractivity contribution in [2.45, 2.75) is 51.5 Å². The molecule has 0 saturated heterocycles. The summed E-state index contributed by atoms with van der Waals surface area (Å²) in [5.74, 6) is 0.287. The van der Waals surface area contributed by atoms with Crippen LogP contribution in [0.25, 0.3) is 5.57 Å².